The van der Waals surface area contributed by atoms with Crippen molar-refractivity contribution < 1.29 is 4.79 Å². The number of carbonyl (C=O) groups is 1. The van der Waals surface area contributed by atoms with Crippen LogP contribution in [0.4, 0.5) is 0 Å². The number of H-pyrrole nitrogens is 1. The molecule has 24 heavy (non-hydrogen) atoms. The molecule has 0 unspecified atom stereocenters. The van der Waals surface area contributed by atoms with Crippen LogP contribution in [0.3, 0.4) is 0 Å². The van der Waals surface area contributed by atoms with E-state index < -0.39 is 11.5 Å². The van der Waals surface area contributed by atoms with Crippen molar-refractivity contribution in [3.8, 4) is 11.3 Å². The Morgan fingerprint density at radius 3 is 2.79 bits per heavy atom. The molecule has 2 aromatic heterocycles. The number of carbonyl (C=O) groups excluding carboxylic acids is 1. The Morgan fingerprint density at radius 2 is 2.12 bits per heavy atom. The number of nitrogens with one attached hydrogen (secondary N) is 2. The third kappa shape index (κ3) is 3.43. The molecule has 0 saturated carbocycles. The number of benzene rings is 1. The van der Waals surface area contributed by atoms with Crippen LogP contribution < -0.4 is 10.9 Å². The molecule has 0 aliphatic rings. The summed E-state index contributed by atoms with van der Waals surface area (Å²) in [5.41, 5.74) is 3.26. The molecule has 1 aromatic carbocycles. The Balaban J connectivity index is 1.77. The van der Waals surface area contributed by atoms with Crippen LogP contribution in [0.2, 0.25) is 0 Å². The number of hydrogen-bond acceptors (Lipinski definition) is 3. The molecule has 3 aromatic rings. The lowest BCUT2D eigenvalue weighted by atomic mass is 10.1. The van der Waals surface area contributed by atoms with Gasteiger partial charge in [0.2, 0.25) is 0 Å². The number of aryl methyl sites for hydroxylation is 2. The van der Waals surface area contributed by atoms with Crippen LogP contribution in [-0.4, -0.2) is 20.7 Å². The lowest BCUT2D eigenvalue weighted by Gasteiger charge is -2.06. The van der Waals surface area contributed by atoms with Crippen molar-refractivity contribution in [1.29, 1.82) is 0 Å². The van der Waals surface area contributed by atoms with Crippen molar-refractivity contribution in [2.45, 2.75) is 13.5 Å². The van der Waals surface area contributed by atoms with Crippen molar-refractivity contribution in [2.75, 3.05) is 0 Å². The second kappa shape index (κ2) is 6.54. The standard InChI is InChI=1S/C18H18N4O2/c1-12-4-3-5-14(8-12)16-7-6-15(18(24)21-16)17(23)19-9-13-10-20-22(2)11-13/h3-8,10-11H,9H2,1-2H3,(H,19,23)(H,21,24). The first-order valence-electron chi connectivity index (χ1n) is 7.59. The Kier molecular flexibility index (Phi) is 4.29. The second-order valence-corrected chi connectivity index (χ2v) is 5.69. The molecule has 0 bridgehead atoms. The van der Waals surface area contributed by atoms with Crippen LogP contribution in [-0.2, 0) is 13.6 Å². The summed E-state index contributed by atoms with van der Waals surface area (Å²) in [4.78, 5) is 27.2. The topological polar surface area (TPSA) is 79.8 Å². The van der Waals surface area contributed by atoms with Gasteiger partial charge < -0.3 is 10.3 Å². The van der Waals surface area contributed by atoms with Gasteiger partial charge in [0.25, 0.3) is 11.5 Å². The summed E-state index contributed by atoms with van der Waals surface area (Å²) in [5.74, 6) is -0.407. The molecule has 0 spiro atoms. The summed E-state index contributed by atoms with van der Waals surface area (Å²) in [6.45, 7) is 2.31. The minimum absolute atomic E-state index is 0.0929. The number of aromatic nitrogens is 3. The van der Waals surface area contributed by atoms with Gasteiger partial charge in [0.15, 0.2) is 0 Å². The maximum Gasteiger partial charge on any atom is 0.261 e. The molecular formula is C18H18N4O2. The zero-order chi connectivity index (χ0) is 17.1. The lowest BCUT2D eigenvalue weighted by Crippen LogP contribution is -2.29. The lowest BCUT2D eigenvalue weighted by molar-refractivity contribution is 0.0949. The van der Waals surface area contributed by atoms with Gasteiger partial charge in [-0.05, 0) is 30.7 Å². The monoisotopic (exact) mass is 322 g/mol. The van der Waals surface area contributed by atoms with E-state index in [0.29, 0.717) is 12.2 Å². The van der Waals surface area contributed by atoms with E-state index in [1.54, 1.807) is 30.1 Å². The minimum Gasteiger partial charge on any atom is -0.348 e. The molecule has 6 heteroatoms. The summed E-state index contributed by atoms with van der Waals surface area (Å²) < 4.78 is 1.66. The van der Waals surface area contributed by atoms with Crippen LogP contribution in [0.5, 0.6) is 0 Å². The minimum atomic E-state index is -0.407. The third-order valence-electron chi connectivity index (χ3n) is 3.69. The van der Waals surface area contributed by atoms with Gasteiger partial charge in [-0.15, -0.1) is 0 Å². The molecule has 2 N–H and O–H groups in total. The number of aromatic amines is 1. The van der Waals surface area contributed by atoms with Crippen molar-refractivity contribution in [3.63, 3.8) is 0 Å². The first-order chi connectivity index (χ1) is 11.5. The van der Waals surface area contributed by atoms with Crippen molar-refractivity contribution in [1.82, 2.24) is 20.1 Å². The van der Waals surface area contributed by atoms with Gasteiger partial charge in [-0.3, -0.25) is 14.3 Å². The molecule has 0 saturated heterocycles. The fraction of sp³-hybridized carbons (Fsp3) is 0.167. The van der Waals surface area contributed by atoms with E-state index in [1.807, 2.05) is 37.4 Å². The smallest absolute Gasteiger partial charge is 0.261 e. The van der Waals surface area contributed by atoms with Crippen molar-refractivity contribution in [2.24, 2.45) is 7.05 Å². The first kappa shape index (κ1) is 15.7. The molecule has 0 fully saturated rings. The highest BCUT2D eigenvalue weighted by atomic mass is 16.2. The zero-order valence-electron chi connectivity index (χ0n) is 13.5. The van der Waals surface area contributed by atoms with E-state index in [0.717, 1.165) is 16.7 Å². The average molecular weight is 322 g/mol. The highest BCUT2D eigenvalue weighted by Crippen LogP contribution is 2.16. The Hall–Kier alpha value is -3.15. The molecule has 122 valence electrons. The summed E-state index contributed by atoms with van der Waals surface area (Å²) in [5, 5.41) is 6.76. The molecule has 6 nitrogen and oxygen atoms in total. The molecule has 0 radical (unpaired) electrons. The molecule has 0 atom stereocenters. The normalized spacial score (nSPS) is 10.6. The van der Waals surface area contributed by atoms with Crippen LogP contribution >= 0.6 is 0 Å². The summed E-state index contributed by atoms with van der Waals surface area (Å²) >= 11 is 0. The molecule has 1 amide bonds. The zero-order valence-corrected chi connectivity index (χ0v) is 13.5. The quantitative estimate of drug-likeness (QED) is 0.771. The van der Waals surface area contributed by atoms with Gasteiger partial charge >= 0.3 is 0 Å². The molecule has 3 rings (SSSR count). The Bertz CT molecular complexity index is 940. The van der Waals surface area contributed by atoms with Gasteiger partial charge in [-0.1, -0.05) is 23.8 Å². The fourth-order valence-electron chi connectivity index (χ4n) is 2.47. The van der Waals surface area contributed by atoms with E-state index in [-0.39, 0.29) is 5.56 Å². The summed E-state index contributed by atoms with van der Waals surface area (Å²) in [6, 6.07) is 11.1. The molecule has 0 aliphatic carbocycles. The molecule has 2 heterocycles. The highest BCUT2D eigenvalue weighted by Gasteiger charge is 2.11. The van der Waals surface area contributed by atoms with Gasteiger partial charge in [-0.25, -0.2) is 0 Å². The fourth-order valence-corrected chi connectivity index (χ4v) is 2.47. The molecular weight excluding hydrogens is 304 g/mol. The maximum absolute atomic E-state index is 12.2. The van der Waals surface area contributed by atoms with E-state index in [9.17, 15) is 9.59 Å². The predicted molar refractivity (Wildman–Crippen MR) is 91.6 cm³/mol. The number of pyridine rings is 1. The number of nitrogens with zero attached hydrogens (tertiary/aromatic N) is 2. The summed E-state index contributed by atoms with van der Waals surface area (Å²) in [6.07, 6.45) is 3.48. The second-order valence-electron chi connectivity index (χ2n) is 5.69. The number of rotatable bonds is 4. The number of amides is 1. The highest BCUT2D eigenvalue weighted by molar-refractivity contribution is 5.94. The first-order valence-corrected chi connectivity index (χ1v) is 7.59. The number of hydrogen-bond donors (Lipinski definition) is 2. The van der Waals surface area contributed by atoms with Gasteiger partial charge in [0.05, 0.1) is 6.20 Å². The van der Waals surface area contributed by atoms with Gasteiger partial charge in [-0.2, -0.15) is 5.10 Å². The van der Waals surface area contributed by atoms with Gasteiger partial charge in [0.1, 0.15) is 5.56 Å². The van der Waals surface area contributed by atoms with Crippen molar-refractivity contribution >= 4 is 5.91 Å². The van der Waals surface area contributed by atoms with E-state index in [1.165, 1.54) is 0 Å². The Labute approximate surface area is 139 Å². The van der Waals surface area contributed by atoms with Crippen LogP contribution in [0.1, 0.15) is 21.5 Å². The van der Waals surface area contributed by atoms with E-state index in [4.69, 9.17) is 0 Å². The maximum atomic E-state index is 12.2. The van der Waals surface area contributed by atoms with Crippen LogP contribution in [0.15, 0.2) is 53.6 Å². The van der Waals surface area contributed by atoms with Gasteiger partial charge in [0, 0.05) is 31.0 Å². The van der Waals surface area contributed by atoms with E-state index >= 15 is 0 Å². The van der Waals surface area contributed by atoms with Crippen LogP contribution in [0, 0.1) is 6.92 Å². The predicted octanol–water partition coefficient (Wildman–Crippen LogP) is 2.01. The summed E-state index contributed by atoms with van der Waals surface area (Å²) in [7, 11) is 1.81. The van der Waals surface area contributed by atoms with Crippen LogP contribution in [0.25, 0.3) is 11.3 Å². The van der Waals surface area contributed by atoms with E-state index in [2.05, 4.69) is 15.4 Å². The third-order valence-corrected chi connectivity index (χ3v) is 3.69. The largest absolute Gasteiger partial charge is 0.348 e. The van der Waals surface area contributed by atoms with Crippen molar-refractivity contribution in [3.05, 3.63) is 75.8 Å². The molecule has 0 aliphatic heterocycles. The average Bonchev–Trinajstić information content (AvgIpc) is 2.98. The Morgan fingerprint density at radius 1 is 1.29 bits per heavy atom. The SMILES string of the molecule is Cc1cccc(-c2ccc(C(=O)NCc3cnn(C)c3)c(=O)[nH]2)c1.